The van der Waals surface area contributed by atoms with E-state index in [9.17, 15) is 0 Å². The monoisotopic (exact) mass is 213 g/mol. The molecule has 14 heavy (non-hydrogen) atoms. The van der Waals surface area contributed by atoms with Gasteiger partial charge in [0.05, 0.1) is 11.7 Å². The van der Waals surface area contributed by atoms with Crippen LogP contribution in [-0.2, 0) is 6.42 Å². The molecule has 0 radical (unpaired) electrons. The molecular weight excluding hydrogens is 198 g/mol. The Balaban J connectivity index is 2.02. The molecule has 1 N–H and O–H groups in total. The highest BCUT2D eigenvalue weighted by Crippen LogP contribution is 2.39. The number of aliphatic hydroxyl groups excluding tert-OH is 1. The smallest absolute Gasteiger partial charge is 0.0850 e. The second kappa shape index (κ2) is 4.31. The molecule has 0 spiro atoms. The summed E-state index contributed by atoms with van der Waals surface area (Å²) in [7, 11) is 0. The largest absolute Gasteiger partial charge is 0.396 e. The quantitative estimate of drug-likeness (QED) is 0.806. The van der Waals surface area contributed by atoms with Gasteiger partial charge in [0, 0.05) is 24.5 Å². The van der Waals surface area contributed by atoms with Gasteiger partial charge < -0.3 is 5.11 Å². The molecule has 1 aromatic rings. The fourth-order valence-electron chi connectivity index (χ4n) is 1.73. The maximum absolute atomic E-state index is 8.76. The molecule has 5 heteroatoms. The predicted molar refractivity (Wildman–Crippen MR) is 56.4 cm³/mol. The molecule has 0 saturated heterocycles. The Labute approximate surface area is 87.7 Å². The maximum atomic E-state index is 8.76. The van der Waals surface area contributed by atoms with E-state index in [1.165, 1.54) is 12.8 Å². The van der Waals surface area contributed by atoms with Gasteiger partial charge in [0.25, 0.3) is 0 Å². The third-order valence-electron chi connectivity index (χ3n) is 2.74. The lowest BCUT2D eigenvalue weighted by Gasteiger charge is -2.34. The van der Waals surface area contributed by atoms with Crippen molar-refractivity contribution in [2.75, 3.05) is 12.9 Å². The van der Waals surface area contributed by atoms with E-state index in [4.69, 9.17) is 5.11 Å². The van der Waals surface area contributed by atoms with E-state index in [0.717, 1.165) is 5.69 Å². The number of nitrogens with zero attached hydrogens (tertiary/aromatic N) is 3. The number of rotatable bonds is 4. The average molecular weight is 213 g/mol. The third kappa shape index (κ3) is 1.79. The molecule has 2 atom stereocenters. The molecular formula is C9H15N3OS. The zero-order chi connectivity index (χ0) is 9.97. The normalized spacial score (nSPS) is 26.1. The van der Waals surface area contributed by atoms with Crippen LogP contribution in [0, 0.1) is 0 Å². The SMILES string of the molecule is CSC1CCC1n1cc(CCO)nn1. The standard InChI is InChI=1S/C9H15N3OS/c1-14-9-3-2-8(9)12-6-7(4-5-13)10-11-12/h6,8-9,13H,2-5H2,1H3. The highest BCUT2D eigenvalue weighted by molar-refractivity contribution is 7.99. The van der Waals surface area contributed by atoms with Gasteiger partial charge in [0.2, 0.25) is 0 Å². The Bertz CT molecular complexity index is 300. The van der Waals surface area contributed by atoms with Crippen molar-refractivity contribution >= 4 is 11.8 Å². The number of aliphatic hydroxyl groups is 1. The van der Waals surface area contributed by atoms with Crippen molar-refractivity contribution in [1.82, 2.24) is 15.0 Å². The molecule has 1 heterocycles. The molecule has 1 aliphatic rings. The molecule has 4 nitrogen and oxygen atoms in total. The molecule has 1 saturated carbocycles. The van der Waals surface area contributed by atoms with Crippen molar-refractivity contribution < 1.29 is 5.11 Å². The van der Waals surface area contributed by atoms with Crippen LogP contribution in [0.1, 0.15) is 24.6 Å². The van der Waals surface area contributed by atoms with Gasteiger partial charge in [0.15, 0.2) is 0 Å². The van der Waals surface area contributed by atoms with Gasteiger partial charge in [-0.15, -0.1) is 5.10 Å². The minimum Gasteiger partial charge on any atom is -0.396 e. The zero-order valence-corrected chi connectivity index (χ0v) is 9.07. The molecule has 78 valence electrons. The molecule has 2 unspecified atom stereocenters. The second-order valence-electron chi connectivity index (χ2n) is 3.58. The minimum atomic E-state index is 0.148. The lowest BCUT2D eigenvalue weighted by Crippen LogP contribution is -2.31. The molecule has 0 aromatic carbocycles. The fraction of sp³-hybridized carbons (Fsp3) is 0.778. The lowest BCUT2D eigenvalue weighted by atomic mass is 9.92. The number of hydrogen-bond donors (Lipinski definition) is 1. The van der Waals surface area contributed by atoms with Crippen LogP contribution in [-0.4, -0.2) is 38.2 Å². The number of aromatic nitrogens is 3. The Morgan fingerprint density at radius 3 is 3.07 bits per heavy atom. The molecule has 1 aromatic heterocycles. The van der Waals surface area contributed by atoms with Crippen molar-refractivity contribution in [1.29, 1.82) is 0 Å². The Morgan fingerprint density at radius 2 is 2.50 bits per heavy atom. The highest BCUT2D eigenvalue weighted by Gasteiger charge is 2.32. The molecule has 0 amide bonds. The molecule has 0 aliphatic heterocycles. The van der Waals surface area contributed by atoms with Crippen LogP contribution in [0.25, 0.3) is 0 Å². The first-order valence-corrected chi connectivity index (χ1v) is 6.18. The van der Waals surface area contributed by atoms with Crippen molar-refractivity contribution in [3.63, 3.8) is 0 Å². The van der Waals surface area contributed by atoms with E-state index < -0.39 is 0 Å². The van der Waals surface area contributed by atoms with Crippen molar-refractivity contribution in [2.24, 2.45) is 0 Å². The van der Waals surface area contributed by atoms with Crippen LogP contribution in [0.15, 0.2) is 6.20 Å². The van der Waals surface area contributed by atoms with Crippen molar-refractivity contribution in [3.05, 3.63) is 11.9 Å². The van der Waals surface area contributed by atoms with Crippen molar-refractivity contribution in [2.45, 2.75) is 30.6 Å². The average Bonchev–Trinajstić information content (AvgIpc) is 2.53. The molecule has 1 aliphatic carbocycles. The van der Waals surface area contributed by atoms with E-state index in [1.807, 2.05) is 22.6 Å². The first kappa shape index (κ1) is 9.98. The summed E-state index contributed by atoms with van der Waals surface area (Å²) < 4.78 is 1.95. The van der Waals surface area contributed by atoms with E-state index in [1.54, 1.807) is 0 Å². The Morgan fingerprint density at radius 1 is 1.64 bits per heavy atom. The summed E-state index contributed by atoms with van der Waals surface area (Å²) in [4.78, 5) is 0. The van der Waals surface area contributed by atoms with Crippen LogP contribution in [0.3, 0.4) is 0 Å². The lowest BCUT2D eigenvalue weighted by molar-refractivity contribution is 0.296. The van der Waals surface area contributed by atoms with Crippen LogP contribution >= 0.6 is 11.8 Å². The van der Waals surface area contributed by atoms with Gasteiger partial charge in [-0.1, -0.05) is 5.21 Å². The van der Waals surface area contributed by atoms with Crippen LogP contribution in [0.5, 0.6) is 0 Å². The predicted octanol–water partition coefficient (Wildman–Crippen LogP) is 0.879. The first-order chi connectivity index (χ1) is 6.85. The molecule has 1 fully saturated rings. The first-order valence-electron chi connectivity index (χ1n) is 4.89. The van der Waals surface area contributed by atoms with Gasteiger partial charge in [-0.25, -0.2) is 4.68 Å². The van der Waals surface area contributed by atoms with Gasteiger partial charge in [-0.05, 0) is 19.1 Å². The van der Waals surface area contributed by atoms with E-state index >= 15 is 0 Å². The summed E-state index contributed by atoms with van der Waals surface area (Å²) >= 11 is 1.90. The van der Waals surface area contributed by atoms with Gasteiger partial charge in [-0.2, -0.15) is 11.8 Å². The molecule has 0 bridgehead atoms. The van der Waals surface area contributed by atoms with Crippen LogP contribution in [0.2, 0.25) is 0 Å². The van der Waals surface area contributed by atoms with Gasteiger partial charge in [-0.3, -0.25) is 0 Å². The summed E-state index contributed by atoms with van der Waals surface area (Å²) in [6, 6.07) is 0.518. The third-order valence-corrected chi connectivity index (χ3v) is 3.90. The van der Waals surface area contributed by atoms with E-state index in [0.29, 0.717) is 17.7 Å². The fourth-order valence-corrected chi connectivity index (χ4v) is 2.68. The zero-order valence-electron chi connectivity index (χ0n) is 8.26. The topological polar surface area (TPSA) is 50.9 Å². The van der Waals surface area contributed by atoms with Crippen LogP contribution in [0.4, 0.5) is 0 Å². The molecule has 2 rings (SSSR count). The van der Waals surface area contributed by atoms with Gasteiger partial charge in [0.1, 0.15) is 0 Å². The van der Waals surface area contributed by atoms with Crippen LogP contribution < -0.4 is 0 Å². The van der Waals surface area contributed by atoms with E-state index in [2.05, 4.69) is 16.6 Å². The number of hydrogen-bond acceptors (Lipinski definition) is 4. The van der Waals surface area contributed by atoms with Crippen molar-refractivity contribution in [3.8, 4) is 0 Å². The summed E-state index contributed by atoms with van der Waals surface area (Å²) in [5, 5.41) is 17.6. The van der Waals surface area contributed by atoms with Gasteiger partial charge >= 0.3 is 0 Å². The second-order valence-corrected chi connectivity index (χ2v) is 4.66. The summed E-state index contributed by atoms with van der Waals surface area (Å²) in [5.74, 6) is 0. The summed E-state index contributed by atoms with van der Waals surface area (Å²) in [5.41, 5.74) is 0.888. The number of thioether (sulfide) groups is 1. The summed E-state index contributed by atoms with van der Waals surface area (Å²) in [6.45, 7) is 0.148. The highest BCUT2D eigenvalue weighted by atomic mass is 32.2. The maximum Gasteiger partial charge on any atom is 0.0850 e. The Kier molecular flexibility index (Phi) is 3.08. The summed E-state index contributed by atoms with van der Waals surface area (Å²) in [6.07, 6.45) is 7.19. The minimum absolute atomic E-state index is 0.148. The van der Waals surface area contributed by atoms with E-state index in [-0.39, 0.29) is 6.61 Å². The Hall–Kier alpha value is -0.550.